The van der Waals surface area contributed by atoms with Gasteiger partial charge in [0.05, 0.1) is 30.0 Å². The lowest BCUT2D eigenvalue weighted by Crippen LogP contribution is -2.37. The number of nitrogens with zero attached hydrogens (tertiary/aromatic N) is 4. The van der Waals surface area contributed by atoms with Crippen LogP contribution in [0.2, 0.25) is 0 Å². The summed E-state index contributed by atoms with van der Waals surface area (Å²) < 4.78 is 35.5. The lowest BCUT2D eigenvalue weighted by atomic mass is 10.0. The van der Waals surface area contributed by atoms with Gasteiger partial charge in [-0.25, -0.2) is 8.42 Å². The molecule has 3 unspecified atom stereocenters. The van der Waals surface area contributed by atoms with Gasteiger partial charge in [0.15, 0.2) is 0 Å². The first-order valence-electron chi connectivity index (χ1n) is 12.9. The molecule has 5 rings (SSSR count). The average molecular weight is 516 g/mol. The number of nitrogens with one attached hydrogen (secondary N) is 1. The Morgan fingerprint density at radius 3 is 2.42 bits per heavy atom. The van der Waals surface area contributed by atoms with Gasteiger partial charge >= 0.3 is 0 Å². The van der Waals surface area contributed by atoms with E-state index >= 15 is 0 Å². The van der Waals surface area contributed by atoms with Crippen LogP contribution in [0.4, 0.5) is 0 Å². The Morgan fingerprint density at radius 1 is 1.14 bits per heavy atom. The minimum Gasteiger partial charge on any atom is -0.381 e. The number of carbonyl (C=O) groups is 1. The molecule has 0 radical (unpaired) electrons. The molecule has 2 aromatic rings. The Kier molecular flexibility index (Phi) is 7.22. The molecule has 36 heavy (non-hydrogen) atoms. The first kappa shape index (κ1) is 25.4. The second-order valence-corrected chi connectivity index (χ2v) is 12.4. The van der Waals surface area contributed by atoms with Crippen LogP contribution >= 0.6 is 0 Å². The normalized spacial score (nSPS) is 25.8. The van der Waals surface area contributed by atoms with Crippen LogP contribution in [0.1, 0.15) is 35.8 Å². The third-order valence-electron chi connectivity index (χ3n) is 8.12. The molecule has 9 nitrogen and oxygen atoms in total. The molecule has 1 aromatic carbocycles. The molecule has 4 atom stereocenters. The molecular weight excluding hydrogens is 478 g/mol. The molecule has 0 saturated carbocycles. The first-order chi connectivity index (χ1) is 17.2. The van der Waals surface area contributed by atoms with Gasteiger partial charge in [-0.1, -0.05) is 30.3 Å². The largest absolute Gasteiger partial charge is 0.381 e. The number of fused-ring (bicyclic) bond motifs is 1. The zero-order chi connectivity index (χ0) is 25.4. The fourth-order valence-electron chi connectivity index (χ4n) is 6.03. The average Bonchev–Trinajstić information content (AvgIpc) is 3.62. The van der Waals surface area contributed by atoms with Gasteiger partial charge in [-0.15, -0.1) is 0 Å². The Bertz CT molecular complexity index is 1180. The molecule has 1 aromatic heterocycles. The summed E-state index contributed by atoms with van der Waals surface area (Å²) in [5.74, 6) is 0.666. The van der Waals surface area contributed by atoms with E-state index in [4.69, 9.17) is 4.74 Å². The maximum atomic E-state index is 13.4. The highest BCUT2D eigenvalue weighted by atomic mass is 32.2. The molecule has 3 saturated heterocycles. The molecule has 3 fully saturated rings. The highest BCUT2D eigenvalue weighted by Gasteiger charge is 2.45. The third kappa shape index (κ3) is 4.96. The van der Waals surface area contributed by atoms with E-state index in [9.17, 15) is 13.2 Å². The number of amides is 1. The number of rotatable bonds is 8. The Hall–Kier alpha value is -2.27. The number of hydrogen-bond donors (Lipinski definition) is 1. The summed E-state index contributed by atoms with van der Waals surface area (Å²) >= 11 is 0. The molecule has 1 amide bonds. The molecule has 4 heterocycles. The van der Waals surface area contributed by atoms with Crippen molar-refractivity contribution in [3.8, 4) is 0 Å². The van der Waals surface area contributed by atoms with E-state index in [1.54, 1.807) is 23.0 Å². The molecule has 3 aliphatic heterocycles. The molecule has 3 aliphatic rings. The van der Waals surface area contributed by atoms with E-state index in [2.05, 4.69) is 27.4 Å². The molecule has 1 N–H and O–H groups in total. The van der Waals surface area contributed by atoms with Gasteiger partial charge in [0, 0.05) is 46.4 Å². The molecule has 0 spiro atoms. The monoisotopic (exact) mass is 515 g/mol. The van der Waals surface area contributed by atoms with Crippen molar-refractivity contribution in [1.29, 1.82) is 0 Å². The van der Waals surface area contributed by atoms with E-state index in [-0.39, 0.29) is 17.9 Å². The second-order valence-electron chi connectivity index (χ2n) is 10.5. The van der Waals surface area contributed by atoms with Crippen LogP contribution in [0.5, 0.6) is 0 Å². The van der Waals surface area contributed by atoms with Crippen LogP contribution in [0.3, 0.4) is 0 Å². The fourth-order valence-corrected chi connectivity index (χ4v) is 7.99. The van der Waals surface area contributed by atoms with Crippen LogP contribution in [0, 0.1) is 31.6 Å². The van der Waals surface area contributed by atoms with Crippen LogP contribution in [-0.4, -0.2) is 79.2 Å². The number of likely N-dealkylation sites (tertiary alicyclic amines) is 1. The quantitative estimate of drug-likeness (QED) is 0.577. The van der Waals surface area contributed by atoms with Crippen LogP contribution in [-0.2, 0) is 26.6 Å². The maximum absolute atomic E-state index is 13.4. The van der Waals surface area contributed by atoms with Gasteiger partial charge in [-0.05, 0) is 44.1 Å². The van der Waals surface area contributed by atoms with Crippen molar-refractivity contribution in [2.24, 2.45) is 24.8 Å². The smallest absolute Gasteiger partial charge is 0.246 e. The summed E-state index contributed by atoms with van der Waals surface area (Å²) in [4.78, 5) is 15.6. The Balaban J connectivity index is 1.19. The van der Waals surface area contributed by atoms with Gasteiger partial charge in [-0.2, -0.15) is 9.40 Å². The van der Waals surface area contributed by atoms with Crippen molar-refractivity contribution in [3.63, 3.8) is 0 Å². The lowest BCUT2D eigenvalue weighted by molar-refractivity contribution is -0.125. The predicted octanol–water partition coefficient (Wildman–Crippen LogP) is 1.87. The second kappa shape index (κ2) is 10.2. The number of benzene rings is 1. The SMILES string of the molecule is Cc1nn(C)c(C)c1S(=O)(=O)N1CC2CN(CCC(NC(=O)C3CCOC3)c3ccccc3)C[C@H]2C1. The van der Waals surface area contributed by atoms with Gasteiger partial charge in [-0.3, -0.25) is 9.48 Å². The fraction of sp³-hybridized carbons (Fsp3) is 0.615. The standard InChI is InChI=1S/C26H37N5O4S/c1-18-25(19(2)29(3)28-18)36(33,34)31-15-22-13-30(14-23(22)16-31)11-9-24(20-7-5-4-6-8-20)27-26(32)21-10-12-35-17-21/h4-8,21-24H,9-17H2,1-3H3,(H,27,32)/t21?,22-,23?,24?/m0/s1. The number of aromatic nitrogens is 2. The lowest BCUT2D eigenvalue weighted by Gasteiger charge is -2.25. The van der Waals surface area contributed by atoms with Gasteiger partial charge < -0.3 is 15.0 Å². The van der Waals surface area contributed by atoms with E-state index in [1.165, 1.54) is 0 Å². The van der Waals surface area contributed by atoms with Crippen LogP contribution in [0.25, 0.3) is 0 Å². The summed E-state index contributed by atoms with van der Waals surface area (Å²) in [6.07, 6.45) is 1.60. The van der Waals surface area contributed by atoms with Gasteiger partial charge in [0.2, 0.25) is 15.9 Å². The highest BCUT2D eigenvalue weighted by molar-refractivity contribution is 7.89. The van der Waals surface area contributed by atoms with Crippen molar-refractivity contribution in [3.05, 3.63) is 47.3 Å². The minimum atomic E-state index is -3.55. The van der Waals surface area contributed by atoms with Crippen molar-refractivity contribution in [2.75, 3.05) is 45.9 Å². The summed E-state index contributed by atoms with van der Waals surface area (Å²) in [7, 11) is -1.77. The summed E-state index contributed by atoms with van der Waals surface area (Å²) in [5, 5.41) is 7.58. The van der Waals surface area contributed by atoms with E-state index in [0.29, 0.717) is 54.4 Å². The number of ether oxygens (including phenoxy) is 1. The molecular formula is C26H37N5O4S. The number of aryl methyl sites for hydroxylation is 2. The zero-order valence-electron chi connectivity index (χ0n) is 21.4. The van der Waals surface area contributed by atoms with E-state index in [1.807, 2.05) is 25.1 Å². The Morgan fingerprint density at radius 2 is 1.83 bits per heavy atom. The number of sulfonamides is 1. The van der Waals surface area contributed by atoms with Crippen molar-refractivity contribution >= 4 is 15.9 Å². The van der Waals surface area contributed by atoms with Crippen LogP contribution < -0.4 is 5.32 Å². The molecule has 10 heteroatoms. The molecule has 0 bridgehead atoms. The van der Waals surface area contributed by atoms with Crippen LogP contribution in [0.15, 0.2) is 35.2 Å². The van der Waals surface area contributed by atoms with Gasteiger partial charge in [0.1, 0.15) is 4.90 Å². The van der Waals surface area contributed by atoms with Crippen molar-refractivity contribution < 1.29 is 17.9 Å². The van der Waals surface area contributed by atoms with E-state index < -0.39 is 10.0 Å². The zero-order valence-corrected chi connectivity index (χ0v) is 22.2. The van der Waals surface area contributed by atoms with Gasteiger partial charge in [0.25, 0.3) is 0 Å². The summed E-state index contributed by atoms with van der Waals surface area (Å²) in [6.45, 7) is 8.46. The minimum absolute atomic E-state index is 0.0480. The topological polar surface area (TPSA) is 96.8 Å². The summed E-state index contributed by atoms with van der Waals surface area (Å²) in [5.41, 5.74) is 2.36. The molecule has 196 valence electrons. The maximum Gasteiger partial charge on any atom is 0.246 e. The predicted molar refractivity (Wildman–Crippen MR) is 136 cm³/mol. The van der Waals surface area contributed by atoms with Crippen molar-refractivity contribution in [1.82, 2.24) is 24.3 Å². The third-order valence-corrected chi connectivity index (χ3v) is 10.2. The number of carbonyl (C=O) groups excluding carboxylic acids is 1. The number of hydrogen-bond acceptors (Lipinski definition) is 6. The highest BCUT2D eigenvalue weighted by Crippen LogP contribution is 2.36. The Labute approximate surface area is 213 Å². The van der Waals surface area contributed by atoms with Crippen molar-refractivity contribution in [2.45, 2.75) is 37.6 Å². The summed E-state index contributed by atoms with van der Waals surface area (Å²) in [6, 6.07) is 10.1. The van der Waals surface area contributed by atoms with E-state index in [0.717, 1.165) is 38.0 Å². The molecule has 0 aliphatic carbocycles. The first-order valence-corrected chi connectivity index (χ1v) is 14.3.